The van der Waals surface area contributed by atoms with Gasteiger partial charge in [0.25, 0.3) is 0 Å². The Bertz CT molecular complexity index is 676. The molecule has 0 amide bonds. The average molecular weight is 416 g/mol. The molecule has 4 aliphatic carbocycles. The van der Waals surface area contributed by atoms with E-state index in [4.69, 9.17) is 0 Å². The average Bonchev–Trinajstić information content (AvgIpc) is 3.06. The highest BCUT2D eigenvalue weighted by atomic mass is 16.3. The first-order chi connectivity index (χ1) is 14.3. The number of aliphatic hydroxyl groups is 2. The monoisotopic (exact) mass is 415 g/mol. The van der Waals surface area contributed by atoms with E-state index in [1.807, 2.05) is 0 Å². The van der Waals surface area contributed by atoms with Gasteiger partial charge in [0.15, 0.2) is 0 Å². The molecule has 30 heavy (non-hydrogen) atoms. The van der Waals surface area contributed by atoms with Gasteiger partial charge in [-0.1, -0.05) is 32.4 Å². The number of aliphatic hydroxyl groups excluding tert-OH is 2. The third kappa shape index (κ3) is 3.42. The van der Waals surface area contributed by atoms with Gasteiger partial charge in [0, 0.05) is 13.1 Å². The Kier molecular flexibility index (Phi) is 5.64. The van der Waals surface area contributed by atoms with Crippen LogP contribution < -0.4 is 0 Å². The maximum absolute atomic E-state index is 10.2. The van der Waals surface area contributed by atoms with Crippen LogP contribution in [0.1, 0.15) is 85.0 Å². The fraction of sp³-hybridized carbons (Fsp3) is 0.926. The quantitative estimate of drug-likeness (QED) is 0.636. The van der Waals surface area contributed by atoms with E-state index < -0.39 is 0 Å². The number of hydrogen-bond donors (Lipinski definition) is 2. The highest BCUT2D eigenvalue weighted by Crippen LogP contribution is 2.67. The molecular formula is C27H45NO2. The van der Waals surface area contributed by atoms with Crippen LogP contribution in [-0.4, -0.2) is 47.0 Å². The second kappa shape index (κ2) is 7.89. The number of nitrogens with zero attached hydrogens (tertiary/aromatic N) is 1. The second-order valence-corrected chi connectivity index (χ2v) is 12.4. The van der Waals surface area contributed by atoms with Crippen LogP contribution in [0, 0.1) is 40.4 Å². The summed E-state index contributed by atoms with van der Waals surface area (Å²) in [6.07, 6.45) is 14.5. The van der Waals surface area contributed by atoms with Crippen molar-refractivity contribution in [1.29, 1.82) is 0 Å². The zero-order valence-electron chi connectivity index (χ0n) is 19.7. The minimum Gasteiger partial charge on any atom is -0.393 e. The Hall–Kier alpha value is -0.380. The van der Waals surface area contributed by atoms with E-state index in [1.165, 1.54) is 51.6 Å². The molecule has 0 radical (unpaired) electrons. The van der Waals surface area contributed by atoms with Gasteiger partial charge in [0.2, 0.25) is 0 Å². The highest BCUT2D eigenvalue weighted by molar-refractivity contribution is 5.25. The molecule has 1 aliphatic heterocycles. The Labute approximate surface area is 184 Å². The predicted molar refractivity (Wildman–Crippen MR) is 122 cm³/mol. The van der Waals surface area contributed by atoms with E-state index >= 15 is 0 Å². The topological polar surface area (TPSA) is 43.7 Å². The van der Waals surface area contributed by atoms with E-state index in [1.54, 1.807) is 5.57 Å². The van der Waals surface area contributed by atoms with Crippen molar-refractivity contribution in [3.05, 3.63) is 11.6 Å². The van der Waals surface area contributed by atoms with Gasteiger partial charge in [0.1, 0.15) is 0 Å². The van der Waals surface area contributed by atoms with Gasteiger partial charge in [-0.15, -0.1) is 0 Å². The van der Waals surface area contributed by atoms with Crippen LogP contribution in [0.25, 0.3) is 0 Å². The van der Waals surface area contributed by atoms with Gasteiger partial charge < -0.3 is 15.1 Å². The summed E-state index contributed by atoms with van der Waals surface area (Å²) >= 11 is 0. The summed E-state index contributed by atoms with van der Waals surface area (Å²) in [5.74, 6) is 4.17. The van der Waals surface area contributed by atoms with Gasteiger partial charge in [0.05, 0.1) is 12.2 Å². The zero-order valence-corrected chi connectivity index (χ0v) is 19.7. The molecule has 2 N–H and O–H groups in total. The van der Waals surface area contributed by atoms with Crippen LogP contribution in [0.2, 0.25) is 0 Å². The third-order valence-electron chi connectivity index (χ3n) is 10.9. The number of hydrogen-bond acceptors (Lipinski definition) is 3. The molecular weight excluding hydrogens is 370 g/mol. The van der Waals surface area contributed by atoms with E-state index in [0.717, 1.165) is 61.8 Å². The van der Waals surface area contributed by atoms with E-state index in [-0.39, 0.29) is 12.2 Å². The first kappa shape index (κ1) is 21.5. The molecule has 0 bridgehead atoms. The van der Waals surface area contributed by atoms with Crippen LogP contribution in [0.3, 0.4) is 0 Å². The lowest BCUT2D eigenvalue weighted by molar-refractivity contribution is -0.0597. The van der Waals surface area contributed by atoms with Crippen molar-refractivity contribution in [3.8, 4) is 0 Å². The molecule has 0 spiro atoms. The number of piperidine rings is 1. The lowest BCUT2D eigenvalue weighted by Gasteiger charge is -2.58. The Morgan fingerprint density at radius 2 is 1.87 bits per heavy atom. The molecule has 1 unspecified atom stereocenters. The van der Waals surface area contributed by atoms with Crippen molar-refractivity contribution in [2.24, 2.45) is 40.4 Å². The van der Waals surface area contributed by atoms with Crippen molar-refractivity contribution >= 4 is 0 Å². The fourth-order valence-corrected chi connectivity index (χ4v) is 9.35. The summed E-state index contributed by atoms with van der Waals surface area (Å²) in [5.41, 5.74) is 2.46. The molecule has 9 atom stereocenters. The van der Waals surface area contributed by atoms with Gasteiger partial charge in [-0.25, -0.2) is 0 Å². The summed E-state index contributed by atoms with van der Waals surface area (Å²) in [7, 11) is 0. The minimum absolute atomic E-state index is 0.0975. The minimum atomic E-state index is -0.105. The molecule has 0 aromatic carbocycles. The summed E-state index contributed by atoms with van der Waals surface area (Å²) in [6.45, 7) is 10.9. The molecule has 3 heteroatoms. The first-order valence-corrected chi connectivity index (χ1v) is 13.1. The molecule has 0 aromatic rings. The summed E-state index contributed by atoms with van der Waals surface area (Å²) < 4.78 is 0. The van der Waals surface area contributed by atoms with Crippen LogP contribution in [-0.2, 0) is 0 Å². The van der Waals surface area contributed by atoms with E-state index in [2.05, 4.69) is 31.7 Å². The summed E-state index contributed by atoms with van der Waals surface area (Å²) in [4.78, 5) is 2.55. The SMILES string of the molecule is C[C@H](CN1CCCC(O)C1)[C@H]1CC[C@H]2[C@@H]3CC=C4C[C@@H](O)CC[C@]4(C)[C@H]3CC[C@]12C. The fourth-order valence-electron chi connectivity index (χ4n) is 9.35. The Morgan fingerprint density at radius 3 is 2.67 bits per heavy atom. The van der Waals surface area contributed by atoms with Crippen molar-refractivity contribution in [2.75, 3.05) is 19.6 Å². The van der Waals surface area contributed by atoms with Crippen LogP contribution >= 0.6 is 0 Å². The maximum atomic E-state index is 10.2. The molecule has 4 fully saturated rings. The van der Waals surface area contributed by atoms with Crippen LogP contribution in [0.5, 0.6) is 0 Å². The molecule has 170 valence electrons. The van der Waals surface area contributed by atoms with Crippen molar-refractivity contribution in [3.63, 3.8) is 0 Å². The zero-order chi connectivity index (χ0) is 21.1. The van der Waals surface area contributed by atoms with Crippen molar-refractivity contribution < 1.29 is 10.2 Å². The Morgan fingerprint density at radius 1 is 1.03 bits per heavy atom. The smallest absolute Gasteiger partial charge is 0.0667 e. The third-order valence-corrected chi connectivity index (χ3v) is 10.9. The second-order valence-electron chi connectivity index (χ2n) is 12.4. The lowest BCUT2D eigenvalue weighted by atomic mass is 9.47. The maximum Gasteiger partial charge on any atom is 0.0667 e. The first-order valence-electron chi connectivity index (χ1n) is 13.1. The summed E-state index contributed by atoms with van der Waals surface area (Å²) in [6, 6.07) is 0. The number of allylic oxidation sites excluding steroid dienone is 1. The molecule has 1 saturated heterocycles. The molecule has 5 rings (SSSR count). The normalized spacial score (nSPS) is 50.2. The van der Waals surface area contributed by atoms with Gasteiger partial charge >= 0.3 is 0 Å². The van der Waals surface area contributed by atoms with Gasteiger partial charge in [-0.2, -0.15) is 0 Å². The standard InChI is InChI=1S/C27H45NO2/c1-18(16-28-14-4-5-21(30)17-28)23-8-9-24-22-7-6-19-15-20(29)10-12-26(19,2)25(22)11-13-27(23,24)3/h6,18,20-25,29-30H,4-5,7-17H2,1-3H3/t18-,20+,21?,22+,23-,24+,25+,26+,27-/m1/s1. The van der Waals surface area contributed by atoms with Crippen LogP contribution in [0.4, 0.5) is 0 Å². The van der Waals surface area contributed by atoms with Crippen molar-refractivity contribution in [2.45, 2.75) is 97.2 Å². The Balaban J connectivity index is 1.31. The molecule has 3 nitrogen and oxygen atoms in total. The van der Waals surface area contributed by atoms with Crippen molar-refractivity contribution in [1.82, 2.24) is 4.90 Å². The van der Waals surface area contributed by atoms with E-state index in [9.17, 15) is 10.2 Å². The largest absolute Gasteiger partial charge is 0.393 e. The molecule has 3 saturated carbocycles. The number of rotatable bonds is 3. The lowest BCUT2D eigenvalue weighted by Crippen LogP contribution is -2.51. The van der Waals surface area contributed by atoms with Gasteiger partial charge in [-0.05, 0) is 111 Å². The van der Waals surface area contributed by atoms with E-state index in [0.29, 0.717) is 10.8 Å². The molecule has 5 aliphatic rings. The van der Waals surface area contributed by atoms with Crippen LogP contribution in [0.15, 0.2) is 11.6 Å². The van der Waals surface area contributed by atoms with Gasteiger partial charge in [-0.3, -0.25) is 0 Å². The highest BCUT2D eigenvalue weighted by Gasteiger charge is 2.59. The number of β-amino-alcohol motifs (C(OH)–C–C–N with tert-alkyl or cyclic N) is 1. The predicted octanol–water partition coefficient (Wildman–Crippen LogP) is 5.02. The number of likely N-dealkylation sites (tertiary alicyclic amines) is 1. The number of fused-ring (bicyclic) bond motifs is 5. The molecule has 0 aromatic heterocycles. The summed E-state index contributed by atoms with van der Waals surface area (Å²) in [5, 5.41) is 20.3. The molecule has 1 heterocycles.